The van der Waals surface area contributed by atoms with Crippen LogP contribution in [0.2, 0.25) is 0 Å². The quantitative estimate of drug-likeness (QED) is 0.743. The number of carbonyl (C=O) groups is 1. The predicted octanol–water partition coefficient (Wildman–Crippen LogP) is 4.26. The molecular weight excluding hydrogens is 212 g/mol. The predicted molar refractivity (Wildman–Crippen MR) is 70.9 cm³/mol. The van der Waals surface area contributed by atoms with Gasteiger partial charge in [0.05, 0.1) is 0 Å². The first-order valence-electron chi connectivity index (χ1n) is 6.80. The summed E-state index contributed by atoms with van der Waals surface area (Å²) in [4.78, 5) is 11.1. The maximum atomic E-state index is 11.1. The van der Waals surface area contributed by atoms with Crippen LogP contribution in [-0.2, 0) is 4.79 Å². The van der Waals surface area contributed by atoms with Gasteiger partial charge in [-0.25, -0.2) is 4.79 Å². The van der Waals surface area contributed by atoms with Crippen LogP contribution in [0.15, 0.2) is 11.6 Å². The first kappa shape index (κ1) is 14.3. The molecule has 17 heavy (non-hydrogen) atoms. The number of hydrogen-bond acceptors (Lipinski definition) is 1. The molecule has 0 aromatic heterocycles. The molecule has 0 bridgehead atoms. The molecule has 2 heteroatoms. The highest BCUT2D eigenvalue weighted by Crippen LogP contribution is 2.47. The van der Waals surface area contributed by atoms with Gasteiger partial charge in [-0.15, -0.1) is 0 Å². The summed E-state index contributed by atoms with van der Waals surface area (Å²) in [5.74, 6) is 0.459. The lowest BCUT2D eigenvalue weighted by molar-refractivity contribution is -0.133. The van der Waals surface area contributed by atoms with Crippen molar-refractivity contribution < 1.29 is 9.90 Å². The molecule has 1 aliphatic rings. The number of allylic oxidation sites excluding steroid dienone is 1. The Kier molecular flexibility index (Phi) is 4.79. The summed E-state index contributed by atoms with van der Waals surface area (Å²) in [5.41, 5.74) is 0.867. The zero-order valence-electron chi connectivity index (χ0n) is 11.6. The Morgan fingerprint density at radius 1 is 1.47 bits per heavy atom. The van der Waals surface area contributed by atoms with E-state index in [0.717, 1.165) is 6.42 Å². The molecule has 0 saturated heterocycles. The minimum Gasteiger partial charge on any atom is -0.478 e. The Labute approximate surface area is 105 Å². The van der Waals surface area contributed by atoms with E-state index in [1.54, 1.807) is 6.08 Å². The summed E-state index contributed by atoms with van der Waals surface area (Å²) >= 11 is 0. The minimum atomic E-state index is -0.747. The fraction of sp³-hybridized carbons (Fsp3) is 0.800. The van der Waals surface area contributed by atoms with E-state index in [1.165, 1.54) is 25.7 Å². The van der Waals surface area contributed by atoms with Crippen molar-refractivity contribution >= 4 is 5.97 Å². The first-order chi connectivity index (χ1) is 7.92. The van der Waals surface area contributed by atoms with E-state index in [1.807, 2.05) is 6.92 Å². The molecular formula is C15H26O2. The maximum Gasteiger partial charge on any atom is 0.331 e. The van der Waals surface area contributed by atoms with Crippen molar-refractivity contribution in [3.8, 4) is 0 Å². The van der Waals surface area contributed by atoms with E-state index in [4.69, 9.17) is 5.11 Å². The van der Waals surface area contributed by atoms with Crippen LogP contribution in [0.25, 0.3) is 0 Å². The molecule has 98 valence electrons. The van der Waals surface area contributed by atoms with Crippen LogP contribution in [0.4, 0.5) is 0 Å². The first-order valence-corrected chi connectivity index (χ1v) is 6.80. The second-order valence-corrected chi connectivity index (χ2v) is 5.98. The Bertz CT molecular complexity index is 302. The second-order valence-electron chi connectivity index (χ2n) is 5.98. The second kappa shape index (κ2) is 5.70. The SMILES string of the molecule is CC=C(CC1C(CC)CCCC1(C)C)C(=O)O. The highest BCUT2D eigenvalue weighted by Gasteiger charge is 2.38. The summed E-state index contributed by atoms with van der Waals surface area (Å²) in [7, 11) is 0. The molecule has 2 nitrogen and oxygen atoms in total. The highest BCUT2D eigenvalue weighted by atomic mass is 16.4. The Morgan fingerprint density at radius 2 is 2.12 bits per heavy atom. The van der Waals surface area contributed by atoms with Gasteiger partial charge in [0.15, 0.2) is 0 Å². The van der Waals surface area contributed by atoms with Gasteiger partial charge in [0, 0.05) is 5.57 Å². The third-order valence-electron chi connectivity index (χ3n) is 4.56. The smallest absolute Gasteiger partial charge is 0.331 e. The van der Waals surface area contributed by atoms with Crippen LogP contribution in [0.1, 0.15) is 59.8 Å². The zero-order valence-corrected chi connectivity index (χ0v) is 11.6. The van der Waals surface area contributed by atoms with Crippen LogP contribution in [0, 0.1) is 17.3 Å². The molecule has 0 aromatic rings. The fourth-order valence-corrected chi connectivity index (χ4v) is 3.34. The van der Waals surface area contributed by atoms with Crippen LogP contribution < -0.4 is 0 Å². The topological polar surface area (TPSA) is 37.3 Å². The summed E-state index contributed by atoms with van der Waals surface area (Å²) < 4.78 is 0. The van der Waals surface area contributed by atoms with Gasteiger partial charge in [0.25, 0.3) is 0 Å². The normalized spacial score (nSPS) is 29.1. The van der Waals surface area contributed by atoms with Crippen molar-refractivity contribution in [2.45, 2.75) is 59.8 Å². The lowest BCUT2D eigenvalue weighted by Gasteiger charge is -2.44. The van der Waals surface area contributed by atoms with Crippen molar-refractivity contribution in [1.29, 1.82) is 0 Å². The average Bonchev–Trinajstić information content (AvgIpc) is 2.25. The number of carboxylic acid groups (broad SMARTS) is 1. The van der Waals surface area contributed by atoms with Crippen molar-refractivity contribution in [3.05, 3.63) is 11.6 Å². The molecule has 0 spiro atoms. The molecule has 0 amide bonds. The van der Waals surface area contributed by atoms with Gasteiger partial charge < -0.3 is 5.11 Å². The zero-order chi connectivity index (χ0) is 13.1. The van der Waals surface area contributed by atoms with Gasteiger partial charge in [-0.05, 0) is 37.0 Å². The largest absolute Gasteiger partial charge is 0.478 e. The molecule has 1 fully saturated rings. The van der Waals surface area contributed by atoms with Gasteiger partial charge in [0.2, 0.25) is 0 Å². The molecule has 0 radical (unpaired) electrons. The van der Waals surface area contributed by atoms with E-state index in [9.17, 15) is 4.79 Å². The molecule has 2 atom stereocenters. The highest BCUT2D eigenvalue weighted by molar-refractivity contribution is 5.86. The van der Waals surface area contributed by atoms with Gasteiger partial charge in [-0.3, -0.25) is 0 Å². The summed E-state index contributed by atoms with van der Waals surface area (Å²) in [6.07, 6.45) is 7.45. The van der Waals surface area contributed by atoms with Crippen molar-refractivity contribution in [3.63, 3.8) is 0 Å². The summed E-state index contributed by atoms with van der Waals surface area (Å²) in [5, 5.41) is 9.16. The van der Waals surface area contributed by atoms with Crippen molar-refractivity contribution in [2.75, 3.05) is 0 Å². The van der Waals surface area contributed by atoms with Gasteiger partial charge >= 0.3 is 5.97 Å². The van der Waals surface area contributed by atoms with E-state index >= 15 is 0 Å². The van der Waals surface area contributed by atoms with Crippen molar-refractivity contribution in [2.24, 2.45) is 17.3 Å². The number of rotatable bonds is 4. The number of aliphatic carboxylic acids is 1. The van der Waals surface area contributed by atoms with Crippen LogP contribution in [-0.4, -0.2) is 11.1 Å². The number of hydrogen-bond donors (Lipinski definition) is 1. The lowest BCUT2D eigenvalue weighted by atomic mass is 9.61. The average molecular weight is 238 g/mol. The van der Waals surface area contributed by atoms with E-state index in [2.05, 4.69) is 20.8 Å². The third-order valence-corrected chi connectivity index (χ3v) is 4.56. The van der Waals surface area contributed by atoms with Gasteiger partial charge in [-0.2, -0.15) is 0 Å². The molecule has 0 heterocycles. The number of carboxylic acids is 1. The minimum absolute atomic E-state index is 0.280. The molecule has 1 rings (SSSR count). The van der Waals surface area contributed by atoms with Crippen LogP contribution in [0.3, 0.4) is 0 Å². The van der Waals surface area contributed by atoms with Gasteiger partial charge in [-0.1, -0.05) is 46.1 Å². The lowest BCUT2D eigenvalue weighted by Crippen LogP contribution is -2.35. The summed E-state index contributed by atoms with van der Waals surface area (Å²) in [6.45, 7) is 8.67. The third kappa shape index (κ3) is 3.34. The molecule has 0 aliphatic heterocycles. The molecule has 1 aliphatic carbocycles. The van der Waals surface area contributed by atoms with Crippen LogP contribution >= 0.6 is 0 Å². The van der Waals surface area contributed by atoms with E-state index in [0.29, 0.717) is 17.4 Å². The Hall–Kier alpha value is -0.790. The molecule has 1 saturated carbocycles. The van der Waals surface area contributed by atoms with Crippen molar-refractivity contribution in [1.82, 2.24) is 0 Å². The maximum absolute atomic E-state index is 11.1. The Balaban J connectivity index is 2.85. The van der Waals surface area contributed by atoms with Gasteiger partial charge in [0.1, 0.15) is 0 Å². The molecule has 2 unspecified atom stereocenters. The fourth-order valence-electron chi connectivity index (χ4n) is 3.34. The summed E-state index contributed by atoms with van der Waals surface area (Å²) in [6, 6.07) is 0. The van der Waals surface area contributed by atoms with Crippen LogP contribution in [0.5, 0.6) is 0 Å². The standard InChI is InChI=1S/C15H26O2/c1-5-11-8-7-9-15(3,4)13(11)10-12(6-2)14(16)17/h6,11,13H,5,7-10H2,1-4H3,(H,16,17). The molecule has 0 aromatic carbocycles. The monoisotopic (exact) mass is 238 g/mol. The van der Waals surface area contributed by atoms with E-state index in [-0.39, 0.29) is 5.41 Å². The van der Waals surface area contributed by atoms with E-state index < -0.39 is 5.97 Å². The Morgan fingerprint density at radius 3 is 2.59 bits per heavy atom. The molecule has 1 N–H and O–H groups in total.